The van der Waals surface area contributed by atoms with Gasteiger partial charge < -0.3 is 18.5 Å². The van der Waals surface area contributed by atoms with Gasteiger partial charge in [-0.3, -0.25) is 0 Å². The zero-order chi connectivity index (χ0) is 15.0. The van der Waals surface area contributed by atoms with E-state index in [1.807, 2.05) is 35.0 Å². The first-order valence-electron chi connectivity index (χ1n) is 7.51. The average Bonchev–Trinajstić information content (AvgIpc) is 3.16. The van der Waals surface area contributed by atoms with Crippen LogP contribution in [0.3, 0.4) is 0 Å². The van der Waals surface area contributed by atoms with Gasteiger partial charge >= 0.3 is 0 Å². The van der Waals surface area contributed by atoms with Crippen LogP contribution in [0, 0.1) is 0 Å². The summed E-state index contributed by atoms with van der Waals surface area (Å²) in [4.78, 5) is 4.10. The predicted molar refractivity (Wildman–Crippen MR) is 81.2 cm³/mol. The van der Waals surface area contributed by atoms with Crippen LogP contribution in [0.15, 0.2) is 53.7 Å². The number of aromatic nitrogens is 2. The Morgan fingerprint density at radius 3 is 3.09 bits per heavy atom. The number of nitrogens with zero attached hydrogens (tertiary/aromatic N) is 2. The molecule has 0 radical (unpaired) electrons. The third-order valence-corrected chi connectivity index (χ3v) is 4.06. The number of fused-ring (bicyclic) bond motifs is 1. The van der Waals surface area contributed by atoms with Gasteiger partial charge in [0, 0.05) is 23.2 Å². The Morgan fingerprint density at radius 2 is 2.27 bits per heavy atom. The van der Waals surface area contributed by atoms with E-state index in [9.17, 15) is 0 Å². The van der Waals surface area contributed by atoms with Crippen LogP contribution in [0.5, 0.6) is 0 Å². The molecule has 114 valence electrons. The normalized spacial score (nSPS) is 25.6. The standard InChI is InChI=1S/C17H18N2O3/c1-13-6-9-21-17(22-13,11-19-8-7-18-12-19)16-15-5-3-2-4-14(15)10-20-16/h2-5,7-8,10,12-13H,6,9,11H2,1H3. The van der Waals surface area contributed by atoms with Gasteiger partial charge in [0.25, 0.3) is 0 Å². The van der Waals surface area contributed by atoms with Crippen LogP contribution < -0.4 is 0 Å². The second-order valence-electron chi connectivity index (χ2n) is 5.71. The fourth-order valence-corrected chi connectivity index (χ4v) is 2.99. The summed E-state index contributed by atoms with van der Waals surface area (Å²) in [5.74, 6) is -0.190. The van der Waals surface area contributed by atoms with Crippen molar-refractivity contribution >= 4 is 10.8 Å². The van der Waals surface area contributed by atoms with Crippen LogP contribution in [0.4, 0.5) is 0 Å². The molecule has 22 heavy (non-hydrogen) atoms. The van der Waals surface area contributed by atoms with E-state index in [0.717, 1.165) is 23.0 Å². The minimum Gasteiger partial charge on any atom is -0.462 e. The van der Waals surface area contributed by atoms with Gasteiger partial charge in [-0.15, -0.1) is 0 Å². The lowest BCUT2D eigenvalue weighted by Gasteiger charge is -2.39. The zero-order valence-corrected chi connectivity index (χ0v) is 12.4. The molecule has 0 spiro atoms. The highest BCUT2D eigenvalue weighted by atomic mass is 16.7. The smallest absolute Gasteiger partial charge is 0.247 e. The van der Waals surface area contributed by atoms with E-state index in [1.54, 1.807) is 18.8 Å². The molecule has 3 aromatic rings. The fraction of sp³-hybridized carbons (Fsp3) is 0.353. The van der Waals surface area contributed by atoms with Crippen LogP contribution in [0.25, 0.3) is 10.8 Å². The molecular weight excluding hydrogens is 280 g/mol. The number of ether oxygens (including phenoxy) is 2. The van der Waals surface area contributed by atoms with E-state index >= 15 is 0 Å². The van der Waals surface area contributed by atoms with Crippen LogP contribution in [-0.4, -0.2) is 22.3 Å². The Kier molecular flexibility index (Phi) is 3.24. The molecule has 1 fully saturated rings. The number of hydrogen-bond acceptors (Lipinski definition) is 4. The lowest BCUT2D eigenvalue weighted by atomic mass is 10.1. The van der Waals surface area contributed by atoms with Crippen LogP contribution in [0.1, 0.15) is 19.1 Å². The Balaban J connectivity index is 1.82. The van der Waals surface area contributed by atoms with Gasteiger partial charge in [-0.05, 0) is 13.3 Å². The summed E-state index contributed by atoms with van der Waals surface area (Å²) in [5.41, 5.74) is 0. The maximum absolute atomic E-state index is 6.24. The molecule has 1 aliphatic rings. The lowest BCUT2D eigenvalue weighted by molar-refractivity contribution is -0.312. The highest BCUT2D eigenvalue weighted by Crippen LogP contribution is 2.39. The van der Waals surface area contributed by atoms with E-state index in [4.69, 9.17) is 13.9 Å². The minimum absolute atomic E-state index is 0.112. The molecule has 5 heteroatoms. The molecule has 1 aromatic carbocycles. The van der Waals surface area contributed by atoms with Crippen molar-refractivity contribution in [2.24, 2.45) is 0 Å². The molecule has 0 amide bonds. The fourth-order valence-electron chi connectivity index (χ4n) is 2.99. The van der Waals surface area contributed by atoms with Crippen molar-refractivity contribution in [3.05, 3.63) is 55.0 Å². The van der Waals surface area contributed by atoms with Gasteiger partial charge in [0.2, 0.25) is 5.79 Å². The summed E-state index contributed by atoms with van der Waals surface area (Å²) in [6, 6.07) is 8.06. The average molecular weight is 298 g/mol. The molecule has 4 rings (SSSR count). The molecule has 0 saturated carbocycles. The zero-order valence-electron chi connectivity index (χ0n) is 12.4. The number of hydrogen-bond donors (Lipinski definition) is 0. The molecule has 2 atom stereocenters. The second kappa shape index (κ2) is 5.26. The van der Waals surface area contributed by atoms with Crippen molar-refractivity contribution in [1.29, 1.82) is 0 Å². The maximum atomic E-state index is 6.24. The molecule has 5 nitrogen and oxygen atoms in total. The largest absolute Gasteiger partial charge is 0.462 e. The number of rotatable bonds is 3. The Morgan fingerprint density at radius 1 is 1.36 bits per heavy atom. The van der Waals surface area contributed by atoms with Crippen LogP contribution in [-0.2, 0) is 21.8 Å². The third kappa shape index (κ3) is 2.23. The van der Waals surface area contributed by atoms with E-state index in [1.165, 1.54) is 0 Å². The van der Waals surface area contributed by atoms with Crippen molar-refractivity contribution < 1.29 is 13.9 Å². The maximum Gasteiger partial charge on any atom is 0.247 e. The molecule has 1 aliphatic heterocycles. The first-order chi connectivity index (χ1) is 10.8. The van der Waals surface area contributed by atoms with Crippen LogP contribution >= 0.6 is 0 Å². The minimum atomic E-state index is -0.915. The SMILES string of the molecule is CC1CCOC(Cn2ccnc2)(c2occ3ccccc23)O1. The van der Waals surface area contributed by atoms with Crippen molar-refractivity contribution in [2.75, 3.05) is 6.61 Å². The number of furan rings is 1. The van der Waals surface area contributed by atoms with Gasteiger partial charge in [-0.1, -0.05) is 24.3 Å². The molecule has 3 heterocycles. The summed E-state index contributed by atoms with van der Waals surface area (Å²) in [6.07, 6.45) is 8.16. The first kappa shape index (κ1) is 13.5. The van der Waals surface area contributed by atoms with Crippen molar-refractivity contribution in [3.8, 4) is 0 Å². The highest BCUT2D eigenvalue weighted by molar-refractivity contribution is 5.84. The van der Waals surface area contributed by atoms with Gasteiger partial charge in [-0.25, -0.2) is 4.98 Å². The molecule has 0 N–H and O–H groups in total. The topological polar surface area (TPSA) is 49.4 Å². The highest BCUT2D eigenvalue weighted by Gasteiger charge is 2.43. The van der Waals surface area contributed by atoms with Gasteiger partial charge in [0.05, 0.1) is 31.8 Å². The molecule has 2 unspecified atom stereocenters. The van der Waals surface area contributed by atoms with E-state index in [0.29, 0.717) is 13.2 Å². The predicted octanol–water partition coefficient (Wildman–Crippen LogP) is 3.31. The summed E-state index contributed by atoms with van der Waals surface area (Å²) in [5, 5.41) is 2.07. The van der Waals surface area contributed by atoms with E-state index in [2.05, 4.69) is 11.9 Å². The lowest BCUT2D eigenvalue weighted by Crippen LogP contribution is -2.44. The molecular formula is C17H18N2O3. The monoisotopic (exact) mass is 298 g/mol. The van der Waals surface area contributed by atoms with Gasteiger partial charge in [-0.2, -0.15) is 0 Å². The first-order valence-corrected chi connectivity index (χ1v) is 7.51. The molecule has 0 bridgehead atoms. The number of imidazole rings is 1. The van der Waals surface area contributed by atoms with E-state index < -0.39 is 5.79 Å². The summed E-state index contributed by atoms with van der Waals surface area (Å²) in [6.45, 7) is 3.22. The van der Waals surface area contributed by atoms with Gasteiger partial charge in [0.15, 0.2) is 5.76 Å². The Labute approximate surface area is 128 Å². The molecule has 0 aliphatic carbocycles. The van der Waals surface area contributed by atoms with E-state index in [-0.39, 0.29) is 6.10 Å². The van der Waals surface area contributed by atoms with Crippen molar-refractivity contribution in [1.82, 2.24) is 9.55 Å². The van der Waals surface area contributed by atoms with Crippen molar-refractivity contribution in [3.63, 3.8) is 0 Å². The number of benzene rings is 1. The quantitative estimate of drug-likeness (QED) is 0.744. The van der Waals surface area contributed by atoms with Crippen molar-refractivity contribution in [2.45, 2.75) is 31.8 Å². The summed E-state index contributed by atoms with van der Waals surface area (Å²) in [7, 11) is 0. The molecule has 1 saturated heterocycles. The van der Waals surface area contributed by atoms with Gasteiger partial charge in [0.1, 0.15) is 0 Å². The molecule has 2 aromatic heterocycles. The Bertz CT molecular complexity index is 765. The summed E-state index contributed by atoms with van der Waals surface area (Å²) >= 11 is 0. The summed E-state index contributed by atoms with van der Waals surface area (Å²) < 4.78 is 20.2. The third-order valence-electron chi connectivity index (χ3n) is 4.06. The van der Waals surface area contributed by atoms with Crippen LogP contribution in [0.2, 0.25) is 0 Å². The Hall–Kier alpha value is -2.11. The second-order valence-corrected chi connectivity index (χ2v) is 5.71.